The maximum absolute atomic E-state index is 12.8. The quantitative estimate of drug-likeness (QED) is 0.704. The first-order valence-electron chi connectivity index (χ1n) is 11.2. The average molecular weight is 492 g/mol. The number of hydrogen-bond donors (Lipinski definition) is 1. The van der Waals surface area contributed by atoms with Gasteiger partial charge in [-0.1, -0.05) is 24.3 Å². The molecule has 0 radical (unpaired) electrons. The van der Waals surface area contributed by atoms with Crippen molar-refractivity contribution < 1.29 is 32.7 Å². The van der Waals surface area contributed by atoms with E-state index in [1.807, 2.05) is 19.0 Å². The molecule has 4 rings (SSSR count). The molecular formula is C25H28F3N3O4. The molecule has 1 aliphatic carbocycles. The van der Waals surface area contributed by atoms with Gasteiger partial charge in [-0.2, -0.15) is 13.2 Å². The van der Waals surface area contributed by atoms with Gasteiger partial charge in [0.2, 0.25) is 5.91 Å². The van der Waals surface area contributed by atoms with Gasteiger partial charge in [0.05, 0.1) is 0 Å². The summed E-state index contributed by atoms with van der Waals surface area (Å²) in [6.07, 6.45) is 1.71. The third kappa shape index (κ3) is 5.98. The van der Waals surface area contributed by atoms with Crippen molar-refractivity contribution in [2.24, 2.45) is 0 Å². The lowest BCUT2D eigenvalue weighted by Gasteiger charge is -2.40. The molecule has 10 heteroatoms. The van der Waals surface area contributed by atoms with Crippen molar-refractivity contribution in [3.63, 3.8) is 0 Å². The SMILES string of the molecule is CN(C)C(=O)CC1CC2(CCN(C(=O)c3ccncc3)CC2)c2ccccc21.O=C(O)C(F)(F)F. The predicted molar refractivity (Wildman–Crippen MR) is 122 cm³/mol. The van der Waals surface area contributed by atoms with Gasteiger partial charge in [-0.25, -0.2) is 4.79 Å². The Morgan fingerprint density at radius 2 is 1.66 bits per heavy atom. The molecule has 1 saturated heterocycles. The molecule has 1 fully saturated rings. The number of aromatic nitrogens is 1. The van der Waals surface area contributed by atoms with E-state index >= 15 is 0 Å². The van der Waals surface area contributed by atoms with Gasteiger partial charge >= 0.3 is 12.1 Å². The Hall–Kier alpha value is -3.43. The van der Waals surface area contributed by atoms with Gasteiger partial charge in [-0.3, -0.25) is 14.6 Å². The average Bonchev–Trinajstić information content (AvgIpc) is 3.12. The second kappa shape index (κ2) is 10.5. The molecule has 2 aromatic rings. The minimum Gasteiger partial charge on any atom is -0.475 e. The van der Waals surface area contributed by atoms with Crippen LogP contribution in [0.2, 0.25) is 0 Å². The third-order valence-corrected chi connectivity index (χ3v) is 6.71. The number of halogens is 3. The number of likely N-dealkylation sites (tertiary alicyclic amines) is 1. The minimum absolute atomic E-state index is 0.0860. The fourth-order valence-corrected chi connectivity index (χ4v) is 4.89. The van der Waals surface area contributed by atoms with Gasteiger partial charge in [-0.15, -0.1) is 0 Å². The Morgan fingerprint density at radius 3 is 2.20 bits per heavy atom. The Morgan fingerprint density at radius 1 is 1.09 bits per heavy atom. The standard InChI is InChI=1S/C23H27N3O2.C2HF3O2/c1-25(2)21(27)15-18-16-23(20-6-4-3-5-19(18)20)9-13-26(14-10-23)22(28)17-7-11-24-12-8-17;3-2(4,5)1(6)7/h3-8,11-12,18H,9-10,13-16H2,1-2H3;(H,6,7). The van der Waals surface area contributed by atoms with Crippen molar-refractivity contribution in [2.75, 3.05) is 27.2 Å². The van der Waals surface area contributed by atoms with E-state index in [-0.39, 0.29) is 23.1 Å². The van der Waals surface area contributed by atoms with Crippen molar-refractivity contribution in [1.29, 1.82) is 0 Å². The van der Waals surface area contributed by atoms with Gasteiger partial charge < -0.3 is 14.9 Å². The maximum atomic E-state index is 12.8. The molecule has 2 aliphatic rings. The van der Waals surface area contributed by atoms with Gasteiger partial charge in [0.25, 0.3) is 5.91 Å². The fraction of sp³-hybridized carbons (Fsp3) is 0.440. The molecule has 7 nitrogen and oxygen atoms in total. The lowest BCUT2D eigenvalue weighted by Crippen LogP contribution is -2.44. The predicted octanol–water partition coefficient (Wildman–Crippen LogP) is 3.85. The van der Waals surface area contributed by atoms with Crippen LogP contribution in [0, 0.1) is 0 Å². The monoisotopic (exact) mass is 491 g/mol. The van der Waals surface area contributed by atoms with Crippen molar-refractivity contribution in [3.8, 4) is 0 Å². The topological polar surface area (TPSA) is 90.8 Å². The van der Waals surface area contributed by atoms with E-state index in [0.717, 1.165) is 32.4 Å². The molecule has 35 heavy (non-hydrogen) atoms. The Labute approximate surface area is 201 Å². The molecule has 1 spiro atoms. The molecule has 1 atom stereocenters. The molecular weight excluding hydrogens is 463 g/mol. The molecule has 0 saturated carbocycles. The van der Waals surface area contributed by atoms with Gasteiger partial charge in [0.1, 0.15) is 0 Å². The smallest absolute Gasteiger partial charge is 0.475 e. The highest BCUT2D eigenvalue weighted by molar-refractivity contribution is 5.94. The molecule has 0 bridgehead atoms. The molecule has 1 N–H and O–H groups in total. The van der Waals surface area contributed by atoms with Crippen LogP contribution in [-0.4, -0.2) is 71.0 Å². The van der Waals surface area contributed by atoms with E-state index in [4.69, 9.17) is 9.90 Å². The second-order valence-electron chi connectivity index (χ2n) is 9.09. The van der Waals surface area contributed by atoms with E-state index in [1.54, 1.807) is 29.4 Å². The van der Waals surface area contributed by atoms with E-state index in [2.05, 4.69) is 29.2 Å². The summed E-state index contributed by atoms with van der Waals surface area (Å²) in [5.74, 6) is -2.22. The Bertz CT molecular complexity index is 1070. The van der Waals surface area contributed by atoms with E-state index in [9.17, 15) is 22.8 Å². The van der Waals surface area contributed by atoms with Crippen molar-refractivity contribution in [2.45, 2.75) is 43.2 Å². The number of piperidine rings is 1. The number of aliphatic carboxylic acids is 1. The first-order valence-corrected chi connectivity index (χ1v) is 11.2. The summed E-state index contributed by atoms with van der Waals surface area (Å²) in [5, 5.41) is 7.12. The number of rotatable bonds is 3. The zero-order chi connectivity index (χ0) is 25.8. The Balaban J connectivity index is 0.000000429. The number of carboxylic acids is 1. The first kappa shape index (κ1) is 26.2. The summed E-state index contributed by atoms with van der Waals surface area (Å²) in [6, 6.07) is 12.2. The number of amides is 2. The molecule has 2 heterocycles. The summed E-state index contributed by atoms with van der Waals surface area (Å²) < 4.78 is 31.7. The van der Waals surface area contributed by atoms with Crippen molar-refractivity contribution in [1.82, 2.24) is 14.8 Å². The van der Waals surface area contributed by atoms with Gasteiger partial charge in [0.15, 0.2) is 0 Å². The number of nitrogens with zero attached hydrogens (tertiary/aromatic N) is 3. The second-order valence-corrected chi connectivity index (χ2v) is 9.09. The van der Waals surface area contributed by atoms with Crippen LogP contribution >= 0.6 is 0 Å². The van der Waals surface area contributed by atoms with Crippen LogP contribution in [0.15, 0.2) is 48.8 Å². The lowest BCUT2D eigenvalue weighted by atomic mass is 9.73. The van der Waals surface area contributed by atoms with Crippen LogP contribution < -0.4 is 0 Å². The third-order valence-electron chi connectivity index (χ3n) is 6.71. The van der Waals surface area contributed by atoms with Crippen LogP contribution in [0.3, 0.4) is 0 Å². The molecule has 1 unspecified atom stereocenters. The molecule has 2 amide bonds. The highest BCUT2D eigenvalue weighted by atomic mass is 19.4. The summed E-state index contributed by atoms with van der Waals surface area (Å²) >= 11 is 0. The fourth-order valence-electron chi connectivity index (χ4n) is 4.89. The van der Waals surface area contributed by atoms with Crippen LogP contribution in [-0.2, 0) is 15.0 Å². The number of pyridine rings is 1. The number of fused-ring (bicyclic) bond motifs is 2. The summed E-state index contributed by atoms with van der Waals surface area (Å²) in [4.78, 5) is 41.7. The van der Waals surface area contributed by atoms with Crippen LogP contribution in [0.4, 0.5) is 13.2 Å². The number of carbonyl (C=O) groups excluding carboxylic acids is 2. The summed E-state index contributed by atoms with van der Waals surface area (Å²) in [5.41, 5.74) is 3.50. The molecule has 1 aromatic carbocycles. The van der Waals surface area contributed by atoms with Crippen LogP contribution in [0.25, 0.3) is 0 Å². The summed E-state index contributed by atoms with van der Waals surface area (Å²) in [6.45, 7) is 1.51. The number of carbonyl (C=O) groups is 3. The molecule has 1 aromatic heterocycles. The summed E-state index contributed by atoms with van der Waals surface area (Å²) in [7, 11) is 3.64. The highest BCUT2D eigenvalue weighted by Gasteiger charge is 2.46. The van der Waals surface area contributed by atoms with E-state index in [1.165, 1.54) is 11.1 Å². The van der Waals surface area contributed by atoms with Gasteiger partial charge in [-0.05, 0) is 53.9 Å². The molecule has 188 valence electrons. The number of benzene rings is 1. The number of hydrogen-bond acceptors (Lipinski definition) is 4. The number of carboxylic acid groups (broad SMARTS) is 1. The van der Waals surface area contributed by atoms with E-state index in [0.29, 0.717) is 12.0 Å². The largest absolute Gasteiger partial charge is 0.490 e. The van der Waals surface area contributed by atoms with Gasteiger partial charge in [0, 0.05) is 51.6 Å². The zero-order valence-electron chi connectivity index (χ0n) is 19.6. The zero-order valence-corrected chi connectivity index (χ0v) is 19.6. The Kier molecular flexibility index (Phi) is 7.82. The van der Waals surface area contributed by atoms with Crippen molar-refractivity contribution in [3.05, 3.63) is 65.5 Å². The molecule has 1 aliphatic heterocycles. The first-order chi connectivity index (χ1) is 16.4. The maximum Gasteiger partial charge on any atom is 0.490 e. The number of alkyl halides is 3. The van der Waals surface area contributed by atoms with Crippen LogP contribution in [0.1, 0.15) is 53.1 Å². The normalized spacial score (nSPS) is 18.3. The minimum atomic E-state index is -5.08. The van der Waals surface area contributed by atoms with E-state index < -0.39 is 12.1 Å². The van der Waals surface area contributed by atoms with Crippen LogP contribution in [0.5, 0.6) is 0 Å². The van der Waals surface area contributed by atoms with Crippen molar-refractivity contribution >= 4 is 17.8 Å². The lowest BCUT2D eigenvalue weighted by molar-refractivity contribution is -0.192. The highest BCUT2D eigenvalue weighted by Crippen LogP contribution is 2.52.